The van der Waals surface area contributed by atoms with Crippen molar-refractivity contribution in [3.63, 3.8) is 0 Å². The lowest BCUT2D eigenvalue weighted by molar-refractivity contribution is 0.360. The molecule has 0 saturated heterocycles. The molecule has 0 bridgehead atoms. The SMILES string of the molecule is C[SH](CCCS(C)(C)C)N(P)C1CCCCC1. The van der Waals surface area contributed by atoms with Gasteiger partial charge in [0, 0.05) is 6.04 Å². The highest BCUT2D eigenvalue weighted by Crippen LogP contribution is 2.41. The molecule has 0 N–H and O–H groups in total. The number of thiol groups is 1. The van der Waals surface area contributed by atoms with Gasteiger partial charge in [0.1, 0.15) is 0 Å². The standard InChI is InChI=1S/C13H32NPS2/c1-16(11-8-12-17(2,3)4)14(15)13-9-6-5-7-10-13/h13,16H,5-12,15H2,1-4H3. The first kappa shape index (κ1) is 16.1. The molecule has 1 aliphatic rings. The molecule has 0 aromatic carbocycles. The Bertz CT molecular complexity index is 212. The second-order valence-corrected chi connectivity index (χ2v) is 14.0. The molecule has 4 heteroatoms. The molecule has 106 valence electrons. The van der Waals surface area contributed by atoms with Gasteiger partial charge in [0.15, 0.2) is 0 Å². The van der Waals surface area contributed by atoms with Crippen LogP contribution in [0.3, 0.4) is 0 Å². The van der Waals surface area contributed by atoms with Gasteiger partial charge in [0.05, 0.1) is 0 Å². The van der Waals surface area contributed by atoms with Gasteiger partial charge in [-0.2, -0.15) is 11.1 Å². The van der Waals surface area contributed by atoms with Crippen LogP contribution in [0.15, 0.2) is 0 Å². The van der Waals surface area contributed by atoms with Gasteiger partial charge in [-0.05, 0) is 55.8 Å². The van der Waals surface area contributed by atoms with E-state index in [1.165, 1.54) is 50.0 Å². The molecule has 0 heterocycles. The van der Waals surface area contributed by atoms with Crippen LogP contribution >= 0.6 is 30.5 Å². The summed E-state index contributed by atoms with van der Waals surface area (Å²) in [5, 5.41) is 0. The van der Waals surface area contributed by atoms with Crippen LogP contribution in [0, 0.1) is 0 Å². The second-order valence-electron chi connectivity index (χ2n) is 6.20. The summed E-state index contributed by atoms with van der Waals surface area (Å²) >= 11 is 0.0919. The van der Waals surface area contributed by atoms with Crippen LogP contribution in [0.25, 0.3) is 0 Å². The molecule has 2 atom stereocenters. The van der Waals surface area contributed by atoms with Crippen LogP contribution < -0.4 is 0 Å². The lowest BCUT2D eigenvalue weighted by Crippen LogP contribution is -2.27. The summed E-state index contributed by atoms with van der Waals surface area (Å²) in [6.45, 7) is 0. The first-order valence-electron chi connectivity index (χ1n) is 6.81. The molecule has 17 heavy (non-hydrogen) atoms. The lowest BCUT2D eigenvalue weighted by Gasteiger charge is -2.38. The van der Waals surface area contributed by atoms with Crippen molar-refractivity contribution in [3.05, 3.63) is 0 Å². The molecule has 1 rings (SSSR count). The van der Waals surface area contributed by atoms with E-state index in [2.05, 4.69) is 38.5 Å². The van der Waals surface area contributed by atoms with Gasteiger partial charge in [-0.3, -0.25) is 4.08 Å². The first-order chi connectivity index (χ1) is 7.90. The predicted octanol–water partition coefficient (Wildman–Crippen LogP) is 4.04. The predicted molar refractivity (Wildman–Crippen MR) is 93.0 cm³/mol. The summed E-state index contributed by atoms with van der Waals surface area (Å²) in [7, 11) is 2.75. The molecular formula is C13H32NPS2. The Balaban J connectivity index is 2.23. The van der Waals surface area contributed by atoms with E-state index in [0.717, 1.165) is 6.04 Å². The zero-order chi connectivity index (χ0) is 12.9. The molecule has 0 amide bonds. The Morgan fingerprint density at radius 2 is 1.76 bits per heavy atom. The first-order valence-corrected chi connectivity index (χ1v) is 12.3. The lowest BCUT2D eigenvalue weighted by atomic mass is 9.96. The third-order valence-corrected chi connectivity index (χ3v) is 8.78. The van der Waals surface area contributed by atoms with Crippen molar-refractivity contribution in [1.82, 2.24) is 4.08 Å². The normalized spacial score (nSPS) is 22.8. The summed E-state index contributed by atoms with van der Waals surface area (Å²) in [5.74, 6) is 2.88. The van der Waals surface area contributed by atoms with Crippen LogP contribution in [0.5, 0.6) is 0 Å². The average molecular weight is 298 g/mol. The molecule has 0 aromatic rings. The minimum absolute atomic E-state index is 0.0919. The number of hydrogen-bond donors (Lipinski definition) is 1. The summed E-state index contributed by atoms with van der Waals surface area (Å²) in [5.41, 5.74) is 0. The quantitative estimate of drug-likeness (QED) is 0.572. The van der Waals surface area contributed by atoms with Gasteiger partial charge in [0.25, 0.3) is 0 Å². The van der Waals surface area contributed by atoms with Crippen molar-refractivity contribution >= 4 is 30.5 Å². The number of hydrogen-bond acceptors (Lipinski definition) is 1. The molecule has 1 nitrogen and oxygen atoms in total. The van der Waals surface area contributed by atoms with E-state index in [-0.39, 0.29) is 21.1 Å². The average Bonchev–Trinajstić information content (AvgIpc) is 2.27. The van der Waals surface area contributed by atoms with E-state index in [1.54, 1.807) is 0 Å². The van der Waals surface area contributed by atoms with Crippen molar-refractivity contribution in [1.29, 1.82) is 0 Å². The highest BCUT2D eigenvalue weighted by atomic mass is 32.3. The Morgan fingerprint density at radius 1 is 1.18 bits per heavy atom. The highest BCUT2D eigenvalue weighted by Gasteiger charge is 2.20. The van der Waals surface area contributed by atoms with E-state index in [4.69, 9.17) is 0 Å². The summed E-state index contributed by atoms with van der Waals surface area (Å²) in [6, 6.07) is 0.867. The van der Waals surface area contributed by atoms with Gasteiger partial charge in [-0.25, -0.2) is 10.0 Å². The molecule has 0 radical (unpaired) electrons. The third-order valence-electron chi connectivity index (χ3n) is 3.58. The minimum Gasteiger partial charge on any atom is -0.252 e. The van der Waals surface area contributed by atoms with Crippen molar-refractivity contribution in [2.24, 2.45) is 0 Å². The molecule has 1 aliphatic carbocycles. The van der Waals surface area contributed by atoms with Crippen LogP contribution in [0.2, 0.25) is 0 Å². The minimum atomic E-state index is -0.285. The van der Waals surface area contributed by atoms with Crippen molar-refractivity contribution < 1.29 is 0 Å². The van der Waals surface area contributed by atoms with Crippen LogP contribution in [0.4, 0.5) is 0 Å². The Morgan fingerprint density at radius 3 is 2.29 bits per heavy atom. The van der Waals surface area contributed by atoms with E-state index in [0.29, 0.717) is 0 Å². The van der Waals surface area contributed by atoms with Gasteiger partial charge in [-0.15, -0.1) is 0 Å². The second kappa shape index (κ2) is 7.62. The van der Waals surface area contributed by atoms with Gasteiger partial charge < -0.3 is 0 Å². The van der Waals surface area contributed by atoms with Crippen LogP contribution in [-0.2, 0) is 0 Å². The fourth-order valence-electron chi connectivity index (χ4n) is 2.47. The van der Waals surface area contributed by atoms with E-state index < -0.39 is 0 Å². The fourth-order valence-corrected chi connectivity index (χ4v) is 5.97. The molecule has 2 unspecified atom stereocenters. The molecule has 1 saturated carbocycles. The van der Waals surface area contributed by atoms with Gasteiger partial charge >= 0.3 is 0 Å². The van der Waals surface area contributed by atoms with Crippen molar-refractivity contribution in [2.75, 3.05) is 36.5 Å². The highest BCUT2D eigenvalue weighted by molar-refractivity contribution is 8.32. The zero-order valence-corrected chi connectivity index (χ0v) is 15.0. The van der Waals surface area contributed by atoms with E-state index >= 15 is 0 Å². The van der Waals surface area contributed by atoms with Crippen molar-refractivity contribution in [3.8, 4) is 0 Å². The topological polar surface area (TPSA) is 3.24 Å². The monoisotopic (exact) mass is 297 g/mol. The molecule has 0 spiro atoms. The van der Waals surface area contributed by atoms with Crippen LogP contribution in [0.1, 0.15) is 38.5 Å². The zero-order valence-electron chi connectivity index (χ0n) is 12.1. The molecule has 0 aliphatic heterocycles. The fraction of sp³-hybridized carbons (Fsp3) is 1.00. The smallest absolute Gasteiger partial charge is 0.0219 e. The van der Waals surface area contributed by atoms with E-state index in [9.17, 15) is 0 Å². The summed E-state index contributed by atoms with van der Waals surface area (Å²) in [4.78, 5) is 0. The summed E-state index contributed by atoms with van der Waals surface area (Å²) in [6.07, 6.45) is 18.4. The number of rotatable bonds is 6. The largest absolute Gasteiger partial charge is 0.252 e. The molecule has 0 aromatic heterocycles. The Hall–Kier alpha value is 1.09. The maximum absolute atomic E-state index is 3.04. The van der Waals surface area contributed by atoms with E-state index in [1.807, 2.05) is 0 Å². The Labute approximate surface area is 116 Å². The maximum Gasteiger partial charge on any atom is 0.0219 e. The van der Waals surface area contributed by atoms with Gasteiger partial charge in [-0.1, -0.05) is 28.7 Å². The van der Waals surface area contributed by atoms with Crippen molar-refractivity contribution in [2.45, 2.75) is 44.6 Å². The Kier molecular flexibility index (Phi) is 7.24. The molecule has 1 fully saturated rings. The van der Waals surface area contributed by atoms with Gasteiger partial charge in [0.2, 0.25) is 0 Å². The number of nitrogens with zero attached hydrogens (tertiary/aromatic N) is 1. The molecular weight excluding hydrogens is 265 g/mol. The summed E-state index contributed by atoms with van der Waals surface area (Å²) < 4.78 is 2.65. The maximum atomic E-state index is 3.04. The third kappa shape index (κ3) is 6.71. The van der Waals surface area contributed by atoms with Crippen LogP contribution in [-0.4, -0.2) is 46.6 Å².